The molecule has 2 aliphatic heterocycles. The van der Waals surface area contributed by atoms with Crippen molar-refractivity contribution in [1.82, 2.24) is 4.57 Å². The van der Waals surface area contributed by atoms with Crippen molar-refractivity contribution >= 4 is 22.7 Å². The Bertz CT molecular complexity index is 1100. The summed E-state index contributed by atoms with van der Waals surface area (Å²) in [5.41, 5.74) is 5.26. The van der Waals surface area contributed by atoms with Crippen molar-refractivity contribution in [1.29, 1.82) is 0 Å². The molecule has 0 aliphatic carbocycles. The average molecular weight is 442 g/mol. The zero-order valence-corrected chi connectivity index (χ0v) is 18.1. The predicted molar refractivity (Wildman–Crippen MR) is 120 cm³/mol. The van der Waals surface area contributed by atoms with Crippen LogP contribution in [0.5, 0.6) is 0 Å². The maximum atomic E-state index is 10.9. The Morgan fingerprint density at radius 2 is 1.81 bits per heavy atom. The second-order valence-electron chi connectivity index (χ2n) is 8.40. The van der Waals surface area contributed by atoms with Crippen molar-refractivity contribution < 1.29 is 25.2 Å². The first-order valence-corrected chi connectivity index (χ1v) is 11.5. The molecule has 31 heavy (non-hydrogen) atoms. The number of benzene rings is 2. The summed E-state index contributed by atoms with van der Waals surface area (Å²) >= 11 is 1.19. The van der Waals surface area contributed by atoms with Crippen LogP contribution < -0.4 is 0 Å². The molecule has 4 N–H and O–H groups in total. The van der Waals surface area contributed by atoms with Gasteiger partial charge in [-0.05, 0) is 46.7 Å². The van der Waals surface area contributed by atoms with Crippen LogP contribution in [0.15, 0.2) is 48.7 Å². The third-order valence-corrected chi connectivity index (χ3v) is 8.21. The van der Waals surface area contributed by atoms with Gasteiger partial charge in [-0.2, -0.15) is 0 Å². The van der Waals surface area contributed by atoms with E-state index in [9.17, 15) is 20.4 Å². The second-order valence-corrected chi connectivity index (χ2v) is 9.85. The smallest absolute Gasteiger partial charge is 0.169 e. The van der Waals surface area contributed by atoms with Gasteiger partial charge in [-0.15, -0.1) is 11.8 Å². The molecule has 7 heteroatoms. The number of aliphatic hydroxyl groups excluding tert-OH is 4. The van der Waals surface area contributed by atoms with Gasteiger partial charge in [-0.1, -0.05) is 31.2 Å². The van der Waals surface area contributed by atoms with E-state index < -0.39 is 28.5 Å². The van der Waals surface area contributed by atoms with Crippen LogP contribution in [-0.2, 0) is 29.2 Å². The summed E-state index contributed by atoms with van der Waals surface area (Å²) in [6.07, 6.45) is -0.860. The van der Waals surface area contributed by atoms with Crippen molar-refractivity contribution in [3.8, 4) is 0 Å². The molecule has 3 heterocycles. The van der Waals surface area contributed by atoms with Gasteiger partial charge >= 0.3 is 0 Å². The molecule has 0 saturated carbocycles. The molecule has 2 aromatic carbocycles. The van der Waals surface area contributed by atoms with E-state index in [4.69, 9.17) is 4.74 Å². The summed E-state index contributed by atoms with van der Waals surface area (Å²) in [4.78, 5) is -1.21. The second kappa shape index (κ2) is 7.92. The Morgan fingerprint density at radius 3 is 2.52 bits per heavy atom. The van der Waals surface area contributed by atoms with Crippen molar-refractivity contribution in [2.24, 2.45) is 0 Å². The Balaban J connectivity index is 1.55. The lowest BCUT2D eigenvalue weighted by Gasteiger charge is -2.45. The van der Waals surface area contributed by atoms with Gasteiger partial charge in [0.25, 0.3) is 0 Å². The molecular formula is C24H27NO5S. The monoisotopic (exact) mass is 441 g/mol. The maximum Gasteiger partial charge on any atom is 0.169 e. The first kappa shape index (κ1) is 21.0. The molecule has 0 radical (unpaired) electrons. The number of hydrogen-bond donors (Lipinski definition) is 4. The fraction of sp³-hybridized carbons (Fsp3) is 0.417. The number of aryl methyl sites for hydroxylation is 1. The van der Waals surface area contributed by atoms with Crippen LogP contribution in [0.4, 0.5) is 0 Å². The molecule has 6 nitrogen and oxygen atoms in total. The number of hydrogen-bond acceptors (Lipinski definition) is 6. The summed E-state index contributed by atoms with van der Waals surface area (Å²) in [7, 11) is 0. The normalized spacial score (nSPS) is 30.2. The number of aliphatic hydroxyl groups is 4. The molecule has 1 fully saturated rings. The largest absolute Gasteiger partial charge is 0.395 e. The third kappa shape index (κ3) is 3.31. The van der Waals surface area contributed by atoms with Crippen molar-refractivity contribution in [2.45, 2.75) is 55.0 Å². The minimum Gasteiger partial charge on any atom is -0.395 e. The number of aromatic nitrogens is 1. The fourth-order valence-electron chi connectivity index (χ4n) is 4.69. The van der Waals surface area contributed by atoms with Crippen LogP contribution >= 0.6 is 11.8 Å². The summed E-state index contributed by atoms with van der Waals surface area (Å²) in [6.45, 7) is 2.85. The van der Waals surface area contributed by atoms with E-state index >= 15 is 0 Å². The summed E-state index contributed by atoms with van der Waals surface area (Å²) in [6, 6.07) is 14.7. The van der Waals surface area contributed by atoms with Gasteiger partial charge in [0.2, 0.25) is 0 Å². The van der Waals surface area contributed by atoms with E-state index in [0.717, 1.165) is 35.0 Å². The van der Waals surface area contributed by atoms with Crippen molar-refractivity contribution in [3.05, 3.63) is 70.9 Å². The lowest BCUT2D eigenvalue weighted by Crippen LogP contribution is -2.58. The van der Waals surface area contributed by atoms with Gasteiger partial charge in [0.15, 0.2) is 4.93 Å². The molecule has 3 aromatic rings. The fourth-order valence-corrected chi connectivity index (χ4v) is 6.24. The molecule has 5 atom stereocenters. The van der Waals surface area contributed by atoms with Crippen LogP contribution in [0.2, 0.25) is 0 Å². The molecule has 1 aromatic heterocycles. The van der Waals surface area contributed by atoms with E-state index in [0.29, 0.717) is 6.61 Å². The highest BCUT2D eigenvalue weighted by Crippen LogP contribution is 2.54. The average Bonchev–Trinajstić information content (AvgIpc) is 3.35. The SMILES string of the molecule is CCc1ccc(Cn2ccc3cc4c(cc32)[C@]2(OC4)S[C@H](CO)[C@@H](O)C(O)[C@H]2O)cc1. The van der Waals surface area contributed by atoms with Crippen LogP contribution in [-0.4, -0.2) is 55.2 Å². The Kier molecular flexibility index (Phi) is 5.37. The Labute approximate surface area is 185 Å². The zero-order valence-electron chi connectivity index (χ0n) is 17.3. The minimum absolute atomic E-state index is 0.306. The van der Waals surface area contributed by atoms with Crippen LogP contribution in [0.1, 0.15) is 29.2 Å². The number of thioether (sulfide) groups is 1. The van der Waals surface area contributed by atoms with Gasteiger partial charge in [-0.25, -0.2) is 0 Å². The molecule has 1 unspecified atom stereocenters. The highest BCUT2D eigenvalue weighted by atomic mass is 32.2. The van der Waals surface area contributed by atoms with Crippen molar-refractivity contribution in [2.75, 3.05) is 6.61 Å². The highest BCUT2D eigenvalue weighted by Gasteiger charge is 2.57. The summed E-state index contributed by atoms with van der Waals surface area (Å²) in [5, 5.41) is 41.7. The first-order chi connectivity index (χ1) is 15.0. The van der Waals surface area contributed by atoms with Gasteiger partial charge in [0.1, 0.15) is 12.2 Å². The number of ether oxygens (including phenoxy) is 1. The predicted octanol–water partition coefficient (Wildman–Crippen LogP) is 2.13. The number of rotatable bonds is 4. The van der Waals surface area contributed by atoms with Gasteiger partial charge in [0.05, 0.1) is 24.6 Å². The third-order valence-electron chi connectivity index (χ3n) is 6.55. The van der Waals surface area contributed by atoms with Crippen LogP contribution in [0, 0.1) is 0 Å². The topological polar surface area (TPSA) is 95.1 Å². The summed E-state index contributed by atoms with van der Waals surface area (Å²) in [5.74, 6) is 0. The molecule has 2 aliphatic rings. The molecule has 164 valence electrons. The lowest BCUT2D eigenvalue weighted by atomic mass is 9.92. The maximum absolute atomic E-state index is 10.9. The van der Waals surface area contributed by atoms with Gasteiger partial charge in [0, 0.05) is 23.8 Å². The lowest BCUT2D eigenvalue weighted by molar-refractivity contribution is -0.147. The van der Waals surface area contributed by atoms with E-state index in [1.54, 1.807) is 0 Å². The molecular weight excluding hydrogens is 414 g/mol. The Hall–Kier alpha value is -1.87. The summed E-state index contributed by atoms with van der Waals surface area (Å²) < 4.78 is 8.22. The minimum atomic E-state index is -1.40. The molecule has 0 amide bonds. The van der Waals surface area contributed by atoms with E-state index in [-0.39, 0.29) is 6.61 Å². The quantitative estimate of drug-likeness (QED) is 0.496. The van der Waals surface area contributed by atoms with E-state index in [2.05, 4.69) is 54.1 Å². The van der Waals surface area contributed by atoms with Crippen molar-refractivity contribution in [3.63, 3.8) is 0 Å². The van der Waals surface area contributed by atoms with Gasteiger partial charge < -0.3 is 29.7 Å². The molecule has 0 bridgehead atoms. The van der Waals surface area contributed by atoms with E-state index in [1.807, 2.05) is 6.07 Å². The number of nitrogens with zero attached hydrogens (tertiary/aromatic N) is 1. The van der Waals surface area contributed by atoms with Crippen LogP contribution in [0.3, 0.4) is 0 Å². The highest BCUT2D eigenvalue weighted by molar-refractivity contribution is 8.00. The number of fused-ring (bicyclic) bond motifs is 3. The van der Waals surface area contributed by atoms with Gasteiger partial charge in [-0.3, -0.25) is 0 Å². The molecule has 1 saturated heterocycles. The molecule has 1 spiro atoms. The van der Waals surface area contributed by atoms with E-state index in [1.165, 1.54) is 22.9 Å². The van der Waals surface area contributed by atoms with Crippen LogP contribution in [0.25, 0.3) is 10.9 Å². The zero-order chi connectivity index (χ0) is 21.8. The first-order valence-electron chi connectivity index (χ1n) is 10.6. The molecule has 5 rings (SSSR count). The Morgan fingerprint density at radius 1 is 1.06 bits per heavy atom. The standard InChI is InChI=1S/C24H27NO5S/c1-2-14-3-5-15(6-4-14)11-25-8-7-16-9-17-13-30-24(18(17)10-19(16)25)23(29)22(28)21(27)20(12-26)31-24/h3-10,20-23,26-29H,2,11-13H2,1H3/t20-,21-,22?,23-,24+/m1/s1.